The number of hydrogen-bond acceptors (Lipinski definition) is 7. The molecule has 1 atom stereocenters. The Morgan fingerprint density at radius 1 is 1.20 bits per heavy atom. The number of aromatic nitrogens is 2. The number of hydrogen-bond donors (Lipinski definition) is 1. The number of methoxy groups -OCH3 is 2. The van der Waals surface area contributed by atoms with Crippen LogP contribution in [0.1, 0.15) is 43.9 Å². The SMILES string of the molecule is COC(=O)c1sc(NC(=O)C(C)Cn2nc(C(F)(F)F)cc2C)c(C(=O)OC)c1C. The largest absolute Gasteiger partial charge is 0.465 e. The van der Waals surface area contributed by atoms with E-state index in [2.05, 4.69) is 15.2 Å². The first-order valence-corrected chi connectivity index (χ1v) is 9.44. The van der Waals surface area contributed by atoms with E-state index in [1.165, 1.54) is 27.9 Å². The molecule has 0 aliphatic heterocycles. The van der Waals surface area contributed by atoms with E-state index < -0.39 is 35.6 Å². The first-order valence-electron chi connectivity index (χ1n) is 8.63. The third kappa shape index (κ3) is 4.81. The average Bonchev–Trinajstić information content (AvgIpc) is 3.20. The summed E-state index contributed by atoms with van der Waals surface area (Å²) in [5, 5.41) is 6.14. The lowest BCUT2D eigenvalue weighted by molar-refractivity contribution is -0.141. The van der Waals surface area contributed by atoms with Crippen LogP contribution in [0.15, 0.2) is 6.07 Å². The number of carbonyl (C=O) groups is 3. The highest BCUT2D eigenvalue weighted by molar-refractivity contribution is 7.18. The van der Waals surface area contributed by atoms with Crippen molar-refractivity contribution in [3.8, 4) is 0 Å². The van der Waals surface area contributed by atoms with Crippen molar-refractivity contribution in [1.29, 1.82) is 0 Å². The molecule has 0 fully saturated rings. The molecule has 0 aliphatic carbocycles. The highest BCUT2D eigenvalue weighted by atomic mass is 32.1. The second-order valence-electron chi connectivity index (χ2n) is 6.48. The van der Waals surface area contributed by atoms with E-state index in [1.54, 1.807) is 0 Å². The summed E-state index contributed by atoms with van der Waals surface area (Å²) in [6.07, 6.45) is -4.59. The second kappa shape index (κ2) is 8.86. The molecular formula is C18H20F3N3O5S. The Hall–Kier alpha value is -2.89. The van der Waals surface area contributed by atoms with Crippen LogP contribution < -0.4 is 5.32 Å². The molecular weight excluding hydrogens is 427 g/mol. The molecule has 0 aliphatic rings. The van der Waals surface area contributed by atoms with Crippen LogP contribution in [0.5, 0.6) is 0 Å². The summed E-state index contributed by atoms with van der Waals surface area (Å²) in [7, 11) is 2.34. The van der Waals surface area contributed by atoms with Gasteiger partial charge in [-0.05, 0) is 25.5 Å². The number of thiophene rings is 1. The summed E-state index contributed by atoms with van der Waals surface area (Å²) in [4.78, 5) is 36.8. The Labute approximate surface area is 174 Å². The van der Waals surface area contributed by atoms with Crippen LogP contribution in [0.4, 0.5) is 18.2 Å². The van der Waals surface area contributed by atoms with Crippen molar-refractivity contribution in [2.75, 3.05) is 19.5 Å². The number of rotatable bonds is 6. The smallest absolute Gasteiger partial charge is 0.435 e. The van der Waals surface area contributed by atoms with Gasteiger partial charge in [0.05, 0.1) is 32.2 Å². The molecule has 2 aromatic heterocycles. The zero-order chi connectivity index (χ0) is 22.8. The third-order valence-electron chi connectivity index (χ3n) is 4.31. The van der Waals surface area contributed by atoms with Gasteiger partial charge in [-0.1, -0.05) is 6.92 Å². The number of aryl methyl sites for hydroxylation is 1. The summed E-state index contributed by atoms with van der Waals surface area (Å²) < 4.78 is 48.9. The molecule has 0 saturated heterocycles. The topological polar surface area (TPSA) is 99.5 Å². The van der Waals surface area contributed by atoms with E-state index in [0.717, 1.165) is 29.2 Å². The minimum Gasteiger partial charge on any atom is -0.465 e. The fourth-order valence-corrected chi connectivity index (χ4v) is 3.76. The van der Waals surface area contributed by atoms with Crippen molar-refractivity contribution in [2.45, 2.75) is 33.5 Å². The summed E-state index contributed by atoms with van der Waals surface area (Å²) in [5.74, 6) is -2.79. The lowest BCUT2D eigenvalue weighted by Gasteiger charge is -2.13. The molecule has 30 heavy (non-hydrogen) atoms. The predicted molar refractivity (Wildman–Crippen MR) is 101 cm³/mol. The Kier molecular flexibility index (Phi) is 6.91. The summed E-state index contributed by atoms with van der Waals surface area (Å²) in [5.41, 5.74) is -0.494. The van der Waals surface area contributed by atoms with Gasteiger partial charge in [0, 0.05) is 5.69 Å². The number of ether oxygens (including phenoxy) is 2. The standard InChI is InChI=1S/C18H20F3N3O5S/c1-8(7-24-9(2)6-11(23-24)18(19,20)21)14(25)22-15-12(16(26)28-4)10(3)13(30-15)17(27)29-5/h6,8H,7H2,1-5H3,(H,22,25). The molecule has 0 aromatic carbocycles. The number of alkyl halides is 3. The summed E-state index contributed by atoms with van der Waals surface area (Å²) >= 11 is 0.847. The molecule has 0 radical (unpaired) electrons. The molecule has 2 heterocycles. The number of halogens is 3. The molecule has 0 spiro atoms. The van der Waals surface area contributed by atoms with E-state index in [9.17, 15) is 27.6 Å². The average molecular weight is 447 g/mol. The number of nitrogens with one attached hydrogen (secondary N) is 1. The molecule has 2 rings (SSSR count). The third-order valence-corrected chi connectivity index (χ3v) is 5.50. The molecule has 0 saturated carbocycles. The van der Waals surface area contributed by atoms with Crippen molar-refractivity contribution >= 4 is 34.2 Å². The Morgan fingerprint density at radius 2 is 1.80 bits per heavy atom. The zero-order valence-corrected chi connectivity index (χ0v) is 17.7. The van der Waals surface area contributed by atoms with Crippen LogP contribution in [-0.2, 0) is 27.0 Å². The van der Waals surface area contributed by atoms with Crippen molar-refractivity contribution in [2.24, 2.45) is 5.92 Å². The van der Waals surface area contributed by atoms with Crippen LogP contribution in [0.25, 0.3) is 0 Å². The predicted octanol–water partition coefficient (Wildman–Crippen LogP) is 3.43. The zero-order valence-electron chi connectivity index (χ0n) is 16.8. The van der Waals surface area contributed by atoms with Crippen LogP contribution in [0.2, 0.25) is 0 Å². The van der Waals surface area contributed by atoms with E-state index in [0.29, 0.717) is 5.56 Å². The minimum absolute atomic E-state index is 0.0121. The molecule has 2 aromatic rings. The lowest BCUT2D eigenvalue weighted by atomic mass is 10.1. The van der Waals surface area contributed by atoms with E-state index in [1.807, 2.05) is 0 Å². The van der Waals surface area contributed by atoms with Crippen LogP contribution in [-0.4, -0.2) is 41.8 Å². The quantitative estimate of drug-likeness (QED) is 0.682. The monoisotopic (exact) mass is 447 g/mol. The fraction of sp³-hybridized carbons (Fsp3) is 0.444. The molecule has 1 N–H and O–H groups in total. The van der Waals surface area contributed by atoms with Gasteiger partial charge >= 0.3 is 18.1 Å². The van der Waals surface area contributed by atoms with Crippen LogP contribution >= 0.6 is 11.3 Å². The first kappa shape index (κ1) is 23.4. The maximum atomic E-state index is 12.8. The van der Waals surface area contributed by atoms with Gasteiger partial charge in [-0.3, -0.25) is 9.48 Å². The summed E-state index contributed by atoms with van der Waals surface area (Å²) in [6, 6.07) is 0.894. The normalized spacial score (nSPS) is 12.4. The number of carbonyl (C=O) groups excluding carboxylic acids is 3. The van der Waals surface area contributed by atoms with Gasteiger partial charge in [-0.15, -0.1) is 11.3 Å². The van der Waals surface area contributed by atoms with Crippen LogP contribution in [0, 0.1) is 19.8 Å². The highest BCUT2D eigenvalue weighted by Crippen LogP contribution is 2.34. The Bertz CT molecular complexity index is 981. The van der Waals surface area contributed by atoms with Gasteiger partial charge in [0.25, 0.3) is 0 Å². The molecule has 1 unspecified atom stereocenters. The molecule has 12 heteroatoms. The molecule has 164 valence electrons. The Balaban J connectivity index is 2.26. The van der Waals surface area contributed by atoms with Crippen LogP contribution in [0.3, 0.4) is 0 Å². The number of anilines is 1. The van der Waals surface area contributed by atoms with Gasteiger partial charge in [-0.25, -0.2) is 9.59 Å². The van der Waals surface area contributed by atoms with Gasteiger partial charge in [0.2, 0.25) is 5.91 Å². The van der Waals surface area contributed by atoms with Gasteiger partial charge < -0.3 is 14.8 Å². The maximum Gasteiger partial charge on any atom is 0.435 e. The maximum absolute atomic E-state index is 12.8. The van der Waals surface area contributed by atoms with E-state index in [4.69, 9.17) is 4.74 Å². The lowest BCUT2D eigenvalue weighted by Crippen LogP contribution is -2.26. The number of nitrogens with zero attached hydrogens (tertiary/aromatic N) is 2. The highest BCUT2D eigenvalue weighted by Gasteiger charge is 2.35. The van der Waals surface area contributed by atoms with Gasteiger partial charge in [0.1, 0.15) is 9.88 Å². The van der Waals surface area contributed by atoms with Crippen molar-refractivity contribution in [3.63, 3.8) is 0 Å². The van der Waals surface area contributed by atoms with E-state index in [-0.39, 0.29) is 27.7 Å². The Morgan fingerprint density at radius 3 is 2.30 bits per heavy atom. The van der Waals surface area contributed by atoms with Crippen molar-refractivity contribution in [1.82, 2.24) is 9.78 Å². The van der Waals surface area contributed by atoms with E-state index >= 15 is 0 Å². The molecule has 0 bridgehead atoms. The van der Waals surface area contributed by atoms with Crippen molar-refractivity contribution in [3.05, 3.63) is 33.5 Å². The number of esters is 2. The van der Waals surface area contributed by atoms with Gasteiger partial charge in [-0.2, -0.15) is 18.3 Å². The molecule has 8 nitrogen and oxygen atoms in total. The first-order chi connectivity index (χ1) is 13.9. The van der Waals surface area contributed by atoms with Crippen molar-refractivity contribution < 1.29 is 37.0 Å². The van der Waals surface area contributed by atoms with Gasteiger partial charge in [0.15, 0.2) is 5.69 Å². The summed E-state index contributed by atoms with van der Waals surface area (Å²) in [6.45, 7) is 4.35. The molecule has 1 amide bonds. The fourth-order valence-electron chi connectivity index (χ4n) is 2.65. The number of amides is 1. The second-order valence-corrected chi connectivity index (χ2v) is 7.51. The minimum atomic E-state index is -4.59.